The highest BCUT2D eigenvalue weighted by molar-refractivity contribution is 6.58. The Bertz CT molecular complexity index is 297. The third kappa shape index (κ3) is 3.05. The van der Waals surface area contributed by atoms with Crippen LogP contribution in [0.3, 0.4) is 0 Å². The molecular formula is C10H13BO2. The quantitative estimate of drug-likeness (QED) is 0.654. The van der Waals surface area contributed by atoms with E-state index in [1.54, 1.807) is 12.1 Å². The van der Waals surface area contributed by atoms with Gasteiger partial charge in [0, 0.05) is 0 Å². The Hall–Kier alpha value is -1.06. The molecule has 13 heavy (non-hydrogen) atoms. The van der Waals surface area contributed by atoms with E-state index >= 15 is 0 Å². The Balaban J connectivity index is 2.88. The first-order valence-corrected chi connectivity index (χ1v) is 4.20. The topological polar surface area (TPSA) is 40.5 Å². The van der Waals surface area contributed by atoms with Gasteiger partial charge in [-0.2, -0.15) is 0 Å². The van der Waals surface area contributed by atoms with Gasteiger partial charge in [0.1, 0.15) is 0 Å². The van der Waals surface area contributed by atoms with Crippen molar-refractivity contribution in [1.29, 1.82) is 0 Å². The summed E-state index contributed by atoms with van der Waals surface area (Å²) in [6.07, 6.45) is 2.04. The van der Waals surface area contributed by atoms with Crippen LogP contribution in [-0.4, -0.2) is 17.2 Å². The van der Waals surface area contributed by atoms with Crippen LogP contribution >= 0.6 is 0 Å². The van der Waals surface area contributed by atoms with Gasteiger partial charge in [0.05, 0.1) is 0 Å². The van der Waals surface area contributed by atoms with Gasteiger partial charge in [-0.1, -0.05) is 35.9 Å². The van der Waals surface area contributed by atoms with E-state index in [1.165, 1.54) is 5.57 Å². The molecule has 0 aliphatic rings. The molecule has 1 rings (SSSR count). The molecule has 0 atom stereocenters. The molecule has 0 bridgehead atoms. The van der Waals surface area contributed by atoms with Crippen molar-refractivity contribution >= 4 is 18.7 Å². The van der Waals surface area contributed by atoms with Crippen molar-refractivity contribution < 1.29 is 10.0 Å². The van der Waals surface area contributed by atoms with Crippen molar-refractivity contribution in [1.82, 2.24) is 0 Å². The molecule has 2 N–H and O–H groups in total. The summed E-state index contributed by atoms with van der Waals surface area (Å²) in [4.78, 5) is 0. The fourth-order valence-electron chi connectivity index (χ4n) is 1.10. The van der Waals surface area contributed by atoms with Crippen LogP contribution in [-0.2, 0) is 0 Å². The van der Waals surface area contributed by atoms with Gasteiger partial charge in [0.25, 0.3) is 0 Å². The maximum absolute atomic E-state index is 8.84. The summed E-state index contributed by atoms with van der Waals surface area (Å²) in [5.41, 5.74) is 2.81. The molecule has 1 aromatic rings. The molecule has 0 unspecified atom stereocenters. The van der Waals surface area contributed by atoms with E-state index in [-0.39, 0.29) is 0 Å². The molecule has 0 aromatic heterocycles. The summed E-state index contributed by atoms with van der Waals surface area (Å²) in [5, 5.41) is 17.7. The minimum atomic E-state index is -1.37. The minimum absolute atomic E-state index is 0.519. The van der Waals surface area contributed by atoms with Crippen LogP contribution in [0.15, 0.2) is 29.8 Å². The first-order chi connectivity index (χ1) is 6.09. The molecule has 68 valence electrons. The van der Waals surface area contributed by atoms with Crippen molar-refractivity contribution in [2.75, 3.05) is 0 Å². The lowest BCUT2D eigenvalue weighted by Gasteiger charge is -1.99. The SMILES string of the molecule is CC(C)=Cc1ccc(B(O)O)cc1. The van der Waals surface area contributed by atoms with Crippen molar-refractivity contribution in [3.05, 3.63) is 35.4 Å². The van der Waals surface area contributed by atoms with Gasteiger partial charge in [-0.25, -0.2) is 0 Å². The first kappa shape index (κ1) is 10.0. The fourth-order valence-corrected chi connectivity index (χ4v) is 1.10. The number of benzene rings is 1. The molecule has 0 heterocycles. The van der Waals surface area contributed by atoms with Crippen LogP contribution in [0.1, 0.15) is 19.4 Å². The van der Waals surface area contributed by atoms with Gasteiger partial charge in [0.2, 0.25) is 0 Å². The summed E-state index contributed by atoms with van der Waals surface area (Å²) in [6.45, 7) is 4.05. The van der Waals surface area contributed by atoms with Crippen LogP contribution in [0, 0.1) is 0 Å². The van der Waals surface area contributed by atoms with Crippen LogP contribution < -0.4 is 5.46 Å². The van der Waals surface area contributed by atoms with E-state index in [0.717, 1.165) is 5.56 Å². The largest absolute Gasteiger partial charge is 0.488 e. The van der Waals surface area contributed by atoms with Gasteiger partial charge in [0.15, 0.2) is 0 Å². The monoisotopic (exact) mass is 176 g/mol. The molecule has 0 saturated carbocycles. The lowest BCUT2D eigenvalue weighted by Crippen LogP contribution is -2.29. The molecule has 0 saturated heterocycles. The molecule has 0 spiro atoms. The zero-order chi connectivity index (χ0) is 9.84. The molecule has 3 heteroatoms. The van der Waals surface area contributed by atoms with E-state index in [2.05, 4.69) is 0 Å². The standard InChI is InChI=1S/C10H13BO2/c1-8(2)7-9-3-5-10(6-4-9)11(12)13/h3-7,12-13H,1-2H3. The van der Waals surface area contributed by atoms with Gasteiger partial charge in [-0.15, -0.1) is 0 Å². The molecular weight excluding hydrogens is 163 g/mol. The highest BCUT2D eigenvalue weighted by atomic mass is 16.4. The molecule has 2 nitrogen and oxygen atoms in total. The highest BCUT2D eigenvalue weighted by Crippen LogP contribution is 2.04. The third-order valence-corrected chi connectivity index (χ3v) is 1.69. The summed E-state index contributed by atoms with van der Waals surface area (Å²) >= 11 is 0. The Morgan fingerprint density at radius 3 is 2.08 bits per heavy atom. The Morgan fingerprint density at radius 2 is 1.69 bits per heavy atom. The predicted octanol–water partition coefficient (Wildman–Crippen LogP) is 0.790. The lowest BCUT2D eigenvalue weighted by atomic mass is 9.80. The minimum Gasteiger partial charge on any atom is -0.423 e. The molecule has 0 aliphatic heterocycles. The van der Waals surface area contributed by atoms with Crippen LogP contribution in [0.5, 0.6) is 0 Å². The van der Waals surface area contributed by atoms with E-state index in [1.807, 2.05) is 32.1 Å². The lowest BCUT2D eigenvalue weighted by molar-refractivity contribution is 0.426. The van der Waals surface area contributed by atoms with Gasteiger partial charge >= 0.3 is 7.12 Å². The van der Waals surface area contributed by atoms with Crippen molar-refractivity contribution in [3.8, 4) is 0 Å². The zero-order valence-electron chi connectivity index (χ0n) is 7.86. The summed E-state index contributed by atoms with van der Waals surface area (Å²) < 4.78 is 0. The molecule has 0 fully saturated rings. The molecule has 1 aromatic carbocycles. The predicted molar refractivity (Wildman–Crippen MR) is 55.6 cm³/mol. The van der Waals surface area contributed by atoms with Gasteiger partial charge < -0.3 is 10.0 Å². The van der Waals surface area contributed by atoms with Crippen LogP contribution in [0.25, 0.3) is 6.08 Å². The third-order valence-electron chi connectivity index (χ3n) is 1.69. The average Bonchev–Trinajstić information content (AvgIpc) is 2.04. The molecule has 0 amide bonds. The fraction of sp³-hybridized carbons (Fsp3) is 0.200. The van der Waals surface area contributed by atoms with Gasteiger partial charge in [-0.05, 0) is 24.9 Å². The highest BCUT2D eigenvalue weighted by Gasteiger charge is 2.08. The van der Waals surface area contributed by atoms with Crippen molar-refractivity contribution in [2.24, 2.45) is 0 Å². The van der Waals surface area contributed by atoms with Gasteiger partial charge in [-0.3, -0.25) is 0 Å². The Labute approximate surface area is 78.7 Å². The Kier molecular flexibility index (Phi) is 3.28. The van der Waals surface area contributed by atoms with E-state index in [9.17, 15) is 0 Å². The van der Waals surface area contributed by atoms with E-state index < -0.39 is 7.12 Å². The second-order valence-electron chi connectivity index (χ2n) is 3.26. The summed E-state index contributed by atoms with van der Waals surface area (Å²) in [6, 6.07) is 7.14. The van der Waals surface area contributed by atoms with Crippen molar-refractivity contribution in [2.45, 2.75) is 13.8 Å². The maximum atomic E-state index is 8.84. The van der Waals surface area contributed by atoms with Crippen LogP contribution in [0.4, 0.5) is 0 Å². The molecule has 0 radical (unpaired) electrons. The number of rotatable bonds is 2. The first-order valence-electron chi connectivity index (χ1n) is 4.20. The molecule has 0 aliphatic carbocycles. The number of allylic oxidation sites excluding steroid dienone is 1. The smallest absolute Gasteiger partial charge is 0.423 e. The zero-order valence-corrected chi connectivity index (χ0v) is 7.86. The summed E-state index contributed by atoms with van der Waals surface area (Å²) in [5.74, 6) is 0. The van der Waals surface area contributed by atoms with Crippen molar-refractivity contribution in [3.63, 3.8) is 0 Å². The maximum Gasteiger partial charge on any atom is 0.488 e. The summed E-state index contributed by atoms with van der Waals surface area (Å²) in [7, 11) is -1.37. The Morgan fingerprint density at radius 1 is 1.15 bits per heavy atom. The van der Waals surface area contributed by atoms with Crippen LogP contribution in [0.2, 0.25) is 0 Å². The van der Waals surface area contributed by atoms with E-state index in [0.29, 0.717) is 5.46 Å². The second kappa shape index (κ2) is 4.26. The second-order valence-corrected chi connectivity index (χ2v) is 3.26. The average molecular weight is 176 g/mol. The normalized spacial score (nSPS) is 9.54. The van der Waals surface area contributed by atoms with E-state index in [4.69, 9.17) is 10.0 Å². The number of hydrogen-bond donors (Lipinski definition) is 2. The number of hydrogen-bond acceptors (Lipinski definition) is 2.